The maximum Gasteiger partial charge on any atom is 0.0671 e. The summed E-state index contributed by atoms with van der Waals surface area (Å²) in [6.45, 7) is 0. The lowest BCUT2D eigenvalue weighted by Crippen LogP contribution is -1.77. The molecule has 1 nitrogen and oxygen atoms in total. The molecule has 0 saturated heterocycles. The van der Waals surface area contributed by atoms with E-state index in [1.807, 2.05) is 36.5 Å². The minimum absolute atomic E-state index is 0.571. The second kappa shape index (κ2) is 5.12. The Hall–Kier alpha value is -1.70. The van der Waals surface area contributed by atoms with Crippen molar-refractivity contribution in [2.45, 2.75) is 0 Å². The predicted molar refractivity (Wildman–Crippen MR) is 81.7 cm³/mol. The highest BCUT2D eigenvalue weighted by Crippen LogP contribution is 2.35. The first kappa shape index (κ1) is 12.3. The van der Waals surface area contributed by atoms with Crippen molar-refractivity contribution in [3.05, 3.63) is 70.8 Å². The van der Waals surface area contributed by atoms with E-state index in [-0.39, 0.29) is 0 Å². The van der Waals surface area contributed by atoms with Crippen LogP contribution in [0.1, 0.15) is 0 Å². The highest BCUT2D eigenvalue weighted by molar-refractivity contribution is 6.43. The lowest BCUT2D eigenvalue weighted by atomic mass is 10.1. The van der Waals surface area contributed by atoms with E-state index in [4.69, 9.17) is 23.2 Å². The summed E-state index contributed by atoms with van der Waals surface area (Å²) in [5, 5.41) is 1.16. The topological polar surface area (TPSA) is 15.8 Å². The summed E-state index contributed by atoms with van der Waals surface area (Å²) in [5.41, 5.74) is 4.18. The number of halogens is 2. The van der Waals surface area contributed by atoms with Gasteiger partial charge in [0, 0.05) is 23.0 Å². The molecular weight excluding hydrogens is 277 g/mol. The number of aromatic nitrogens is 1. The molecule has 3 heteroatoms. The van der Waals surface area contributed by atoms with E-state index in [1.165, 1.54) is 0 Å². The van der Waals surface area contributed by atoms with Gasteiger partial charge in [-0.1, -0.05) is 65.7 Å². The zero-order valence-electron chi connectivity index (χ0n) is 10.0. The van der Waals surface area contributed by atoms with Crippen LogP contribution in [-0.2, 0) is 0 Å². The lowest BCUT2D eigenvalue weighted by molar-refractivity contribution is 1.40. The summed E-state index contributed by atoms with van der Waals surface area (Å²) in [4.78, 5) is 3.27. The molecule has 0 saturated carbocycles. The molecule has 0 radical (unpaired) electrons. The number of rotatable bonds is 2. The van der Waals surface area contributed by atoms with Crippen molar-refractivity contribution in [2.75, 3.05) is 0 Å². The fraction of sp³-hybridized carbons (Fsp3) is 0. The van der Waals surface area contributed by atoms with Crippen molar-refractivity contribution in [3.63, 3.8) is 0 Å². The number of hydrogen-bond donors (Lipinski definition) is 1. The Morgan fingerprint density at radius 2 is 1.58 bits per heavy atom. The van der Waals surface area contributed by atoms with Crippen molar-refractivity contribution in [1.29, 1.82) is 0 Å². The zero-order chi connectivity index (χ0) is 13.2. The first-order chi connectivity index (χ1) is 9.25. The normalized spacial score (nSPS) is 10.6. The number of H-pyrrole nitrogens is 1. The van der Waals surface area contributed by atoms with Gasteiger partial charge in [-0.25, -0.2) is 0 Å². The molecule has 0 aliphatic rings. The monoisotopic (exact) mass is 287 g/mol. The average molecular weight is 288 g/mol. The van der Waals surface area contributed by atoms with Gasteiger partial charge in [0.2, 0.25) is 0 Å². The van der Waals surface area contributed by atoms with Gasteiger partial charge in [-0.05, 0) is 17.7 Å². The van der Waals surface area contributed by atoms with Crippen LogP contribution in [0.2, 0.25) is 10.0 Å². The standard InChI is InChI=1S/C16H11Cl2N/c17-14-8-4-7-13(16(14)18)12-9-15(19-10-12)11-5-2-1-3-6-11/h1-10,19H. The Bertz CT molecular complexity index is 702. The van der Waals surface area contributed by atoms with Crippen LogP contribution in [-0.4, -0.2) is 4.98 Å². The summed E-state index contributed by atoms with van der Waals surface area (Å²) in [7, 11) is 0. The number of aromatic amines is 1. The third kappa shape index (κ3) is 2.40. The van der Waals surface area contributed by atoms with Gasteiger partial charge in [-0.2, -0.15) is 0 Å². The summed E-state index contributed by atoms with van der Waals surface area (Å²) in [6, 6.07) is 17.9. The summed E-state index contributed by atoms with van der Waals surface area (Å²) in [5.74, 6) is 0. The van der Waals surface area contributed by atoms with Crippen LogP contribution in [0.4, 0.5) is 0 Å². The van der Waals surface area contributed by atoms with E-state index in [0.29, 0.717) is 10.0 Å². The highest BCUT2D eigenvalue weighted by Gasteiger charge is 2.09. The molecule has 94 valence electrons. The minimum Gasteiger partial charge on any atom is -0.361 e. The van der Waals surface area contributed by atoms with Gasteiger partial charge >= 0.3 is 0 Å². The van der Waals surface area contributed by atoms with Crippen LogP contribution < -0.4 is 0 Å². The molecule has 3 aromatic rings. The average Bonchev–Trinajstić information content (AvgIpc) is 2.92. The minimum atomic E-state index is 0.571. The third-order valence-corrected chi connectivity index (χ3v) is 3.85. The van der Waals surface area contributed by atoms with Crippen LogP contribution in [0.15, 0.2) is 60.8 Å². The van der Waals surface area contributed by atoms with E-state index in [1.54, 1.807) is 6.07 Å². The van der Waals surface area contributed by atoms with E-state index in [2.05, 4.69) is 23.2 Å². The van der Waals surface area contributed by atoms with Gasteiger partial charge in [0.05, 0.1) is 10.0 Å². The molecule has 1 heterocycles. The van der Waals surface area contributed by atoms with Crippen molar-refractivity contribution in [3.8, 4) is 22.4 Å². The van der Waals surface area contributed by atoms with Crippen LogP contribution >= 0.6 is 23.2 Å². The maximum absolute atomic E-state index is 6.24. The fourth-order valence-electron chi connectivity index (χ4n) is 2.06. The van der Waals surface area contributed by atoms with Crippen LogP contribution in [0.25, 0.3) is 22.4 Å². The quantitative estimate of drug-likeness (QED) is 0.626. The molecule has 0 aliphatic carbocycles. The Kier molecular flexibility index (Phi) is 3.33. The molecule has 0 bridgehead atoms. The van der Waals surface area contributed by atoms with Gasteiger partial charge in [-0.3, -0.25) is 0 Å². The zero-order valence-corrected chi connectivity index (χ0v) is 11.5. The van der Waals surface area contributed by atoms with Gasteiger partial charge in [0.1, 0.15) is 0 Å². The lowest BCUT2D eigenvalue weighted by Gasteiger charge is -2.02. The summed E-state index contributed by atoms with van der Waals surface area (Å²) in [6.07, 6.45) is 1.94. The van der Waals surface area contributed by atoms with Crippen molar-refractivity contribution < 1.29 is 0 Å². The van der Waals surface area contributed by atoms with E-state index >= 15 is 0 Å². The molecule has 1 aromatic heterocycles. The van der Waals surface area contributed by atoms with Crippen molar-refractivity contribution in [2.24, 2.45) is 0 Å². The molecule has 0 unspecified atom stereocenters. The predicted octanol–water partition coefficient (Wildman–Crippen LogP) is 5.66. The van der Waals surface area contributed by atoms with Gasteiger partial charge in [-0.15, -0.1) is 0 Å². The largest absolute Gasteiger partial charge is 0.361 e. The number of hydrogen-bond acceptors (Lipinski definition) is 0. The first-order valence-electron chi connectivity index (χ1n) is 5.94. The van der Waals surface area contributed by atoms with E-state index in [0.717, 1.165) is 22.4 Å². The second-order valence-electron chi connectivity index (χ2n) is 4.27. The molecule has 0 amide bonds. The molecule has 0 spiro atoms. The molecule has 0 fully saturated rings. The Labute approximate surface area is 121 Å². The fourth-order valence-corrected chi connectivity index (χ4v) is 2.47. The van der Waals surface area contributed by atoms with Crippen LogP contribution in [0.3, 0.4) is 0 Å². The summed E-state index contributed by atoms with van der Waals surface area (Å²) >= 11 is 12.3. The number of nitrogens with one attached hydrogen (secondary N) is 1. The smallest absolute Gasteiger partial charge is 0.0671 e. The van der Waals surface area contributed by atoms with Crippen LogP contribution in [0.5, 0.6) is 0 Å². The molecule has 0 aliphatic heterocycles. The Morgan fingerprint density at radius 3 is 2.37 bits per heavy atom. The van der Waals surface area contributed by atoms with Gasteiger partial charge in [0.15, 0.2) is 0 Å². The second-order valence-corrected chi connectivity index (χ2v) is 5.05. The molecule has 0 atom stereocenters. The van der Waals surface area contributed by atoms with Crippen molar-refractivity contribution >= 4 is 23.2 Å². The van der Waals surface area contributed by atoms with Crippen molar-refractivity contribution in [1.82, 2.24) is 4.98 Å². The third-order valence-electron chi connectivity index (χ3n) is 3.03. The Balaban J connectivity index is 2.05. The first-order valence-corrected chi connectivity index (χ1v) is 6.69. The number of benzene rings is 2. The maximum atomic E-state index is 6.24. The van der Waals surface area contributed by atoms with E-state index < -0.39 is 0 Å². The Morgan fingerprint density at radius 1 is 0.789 bits per heavy atom. The molecule has 19 heavy (non-hydrogen) atoms. The van der Waals surface area contributed by atoms with E-state index in [9.17, 15) is 0 Å². The molecular formula is C16H11Cl2N. The molecule has 1 N–H and O–H groups in total. The molecule has 2 aromatic carbocycles. The SMILES string of the molecule is Clc1cccc(-c2c[nH]c(-c3ccccc3)c2)c1Cl. The van der Waals surface area contributed by atoms with Gasteiger partial charge < -0.3 is 4.98 Å². The molecule has 3 rings (SSSR count). The summed E-state index contributed by atoms with van der Waals surface area (Å²) < 4.78 is 0. The highest BCUT2D eigenvalue weighted by atomic mass is 35.5. The van der Waals surface area contributed by atoms with Gasteiger partial charge in [0.25, 0.3) is 0 Å². The van der Waals surface area contributed by atoms with Crippen LogP contribution in [0, 0.1) is 0 Å².